The number of hydrogen-bond acceptors (Lipinski definition) is 3. The molecule has 1 unspecified atom stereocenters. The van der Waals surface area contributed by atoms with Gasteiger partial charge >= 0.3 is 0 Å². The zero-order valence-electron chi connectivity index (χ0n) is 11.5. The fraction of sp³-hybridized carbons (Fsp3) is 0.467. The number of anilines is 1. The van der Waals surface area contributed by atoms with Gasteiger partial charge < -0.3 is 10.2 Å². The highest BCUT2D eigenvalue weighted by Crippen LogP contribution is 2.25. The highest BCUT2D eigenvalue weighted by molar-refractivity contribution is 5.80. The van der Waals surface area contributed by atoms with Crippen molar-refractivity contribution in [1.29, 1.82) is 0 Å². The van der Waals surface area contributed by atoms with Gasteiger partial charge in [0, 0.05) is 31.4 Å². The lowest BCUT2D eigenvalue weighted by Gasteiger charge is -2.33. The van der Waals surface area contributed by atoms with Gasteiger partial charge in [-0.3, -0.25) is 9.59 Å². The zero-order chi connectivity index (χ0) is 13.8. The van der Waals surface area contributed by atoms with Gasteiger partial charge in [0.1, 0.15) is 6.29 Å². The summed E-state index contributed by atoms with van der Waals surface area (Å²) in [4.78, 5) is 24.8. The average molecular weight is 260 g/mol. The SMILES string of the molecule is CNC(=O)C1CCCN(c2ccc(C=O)c(C)c2)C1. The number of carbonyl (C=O) groups is 2. The van der Waals surface area contributed by atoms with Gasteiger partial charge in [0.15, 0.2) is 0 Å². The Morgan fingerprint density at radius 1 is 1.47 bits per heavy atom. The van der Waals surface area contributed by atoms with Crippen molar-refractivity contribution in [3.05, 3.63) is 29.3 Å². The molecule has 1 heterocycles. The number of aldehydes is 1. The summed E-state index contributed by atoms with van der Waals surface area (Å²) in [6.45, 7) is 3.65. The Morgan fingerprint density at radius 2 is 2.26 bits per heavy atom. The normalized spacial score (nSPS) is 19.1. The maximum atomic E-state index is 11.7. The first kappa shape index (κ1) is 13.6. The fourth-order valence-electron chi connectivity index (χ4n) is 2.62. The predicted molar refractivity (Wildman–Crippen MR) is 75.6 cm³/mol. The minimum absolute atomic E-state index is 0.0600. The van der Waals surface area contributed by atoms with Crippen LogP contribution in [0.15, 0.2) is 18.2 Å². The molecule has 1 saturated heterocycles. The average Bonchev–Trinajstić information content (AvgIpc) is 2.46. The van der Waals surface area contributed by atoms with Crippen molar-refractivity contribution < 1.29 is 9.59 Å². The molecule has 2 rings (SSSR count). The van der Waals surface area contributed by atoms with E-state index in [0.717, 1.165) is 49.0 Å². The van der Waals surface area contributed by atoms with Crippen LogP contribution in [0.2, 0.25) is 0 Å². The van der Waals surface area contributed by atoms with Crippen molar-refractivity contribution >= 4 is 17.9 Å². The molecule has 4 heteroatoms. The van der Waals surface area contributed by atoms with E-state index in [1.165, 1.54) is 0 Å². The molecule has 1 fully saturated rings. The summed E-state index contributed by atoms with van der Waals surface area (Å²) in [5.74, 6) is 0.177. The number of hydrogen-bond donors (Lipinski definition) is 1. The summed E-state index contributed by atoms with van der Waals surface area (Å²) in [5, 5.41) is 2.72. The molecule has 0 aromatic heterocycles. The summed E-state index contributed by atoms with van der Waals surface area (Å²) in [6, 6.07) is 5.83. The second kappa shape index (κ2) is 5.87. The van der Waals surface area contributed by atoms with Gasteiger partial charge in [-0.05, 0) is 43.5 Å². The van der Waals surface area contributed by atoms with Gasteiger partial charge in [0.05, 0.1) is 5.92 Å². The minimum atomic E-state index is 0.0600. The number of carbonyl (C=O) groups excluding carboxylic acids is 2. The Morgan fingerprint density at radius 3 is 2.89 bits per heavy atom. The number of nitrogens with zero attached hydrogens (tertiary/aromatic N) is 1. The first-order chi connectivity index (χ1) is 9.15. The molecule has 1 atom stereocenters. The molecule has 102 valence electrons. The highest BCUT2D eigenvalue weighted by Gasteiger charge is 2.25. The Kier molecular flexibility index (Phi) is 4.20. The number of rotatable bonds is 3. The van der Waals surface area contributed by atoms with Crippen LogP contribution in [0.5, 0.6) is 0 Å². The van der Waals surface area contributed by atoms with Gasteiger partial charge in [-0.15, -0.1) is 0 Å². The van der Waals surface area contributed by atoms with Crippen LogP contribution in [0.1, 0.15) is 28.8 Å². The van der Waals surface area contributed by atoms with E-state index in [1.807, 2.05) is 25.1 Å². The van der Waals surface area contributed by atoms with Crippen LogP contribution >= 0.6 is 0 Å². The molecule has 1 aromatic carbocycles. The van der Waals surface area contributed by atoms with Crippen molar-refractivity contribution in [2.45, 2.75) is 19.8 Å². The van der Waals surface area contributed by atoms with Gasteiger partial charge in [0.25, 0.3) is 0 Å². The third-order valence-corrected chi connectivity index (χ3v) is 3.78. The molecular weight excluding hydrogens is 240 g/mol. The highest BCUT2D eigenvalue weighted by atomic mass is 16.1. The lowest BCUT2D eigenvalue weighted by Crippen LogP contribution is -2.42. The van der Waals surface area contributed by atoms with Crippen LogP contribution in [-0.4, -0.2) is 32.3 Å². The maximum absolute atomic E-state index is 11.7. The largest absolute Gasteiger partial charge is 0.371 e. The third kappa shape index (κ3) is 2.95. The molecule has 1 aliphatic heterocycles. The molecule has 1 N–H and O–H groups in total. The third-order valence-electron chi connectivity index (χ3n) is 3.78. The Hall–Kier alpha value is -1.84. The van der Waals surface area contributed by atoms with Crippen LogP contribution in [0.4, 0.5) is 5.69 Å². The van der Waals surface area contributed by atoms with Crippen molar-refractivity contribution in [2.75, 3.05) is 25.0 Å². The standard InChI is InChI=1S/C15H20N2O2/c1-11-8-14(6-5-13(11)10-18)17-7-3-4-12(9-17)15(19)16-2/h5-6,8,10,12H,3-4,7,9H2,1-2H3,(H,16,19). The molecule has 19 heavy (non-hydrogen) atoms. The summed E-state index contributed by atoms with van der Waals surface area (Å²) in [7, 11) is 1.68. The molecule has 0 radical (unpaired) electrons. The van der Waals surface area contributed by atoms with Crippen LogP contribution in [0.3, 0.4) is 0 Å². The summed E-state index contributed by atoms with van der Waals surface area (Å²) < 4.78 is 0. The second-order valence-corrected chi connectivity index (χ2v) is 5.06. The molecule has 4 nitrogen and oxygen atoms in total. The van der Waals surface area contributed by atoms with E-state index in [-0.39, 0.29) is 11.8 Å². The van der Waals surface area contributed by atoms with E-state index < -0.39 is 0 Å². The molecule has 1 aliphatic rings. The molecule has 0 saturated carbocycles. The number of nitrogens with one attached hydrogen (secondary N) is 1. The number of benzene rings is 1. The van der Waals surface area contributed by atoms with Crippen LogP contribution in [0.25, 0.3) is 0 Å². The Bertz CT molecular complexity index is 485. The van der Waals surface area contributed by atoms with Crippen molar-refractivity contribution in [3.63, 3.8) is 0 Å². The second-order valence-electron chi connectivity index (χ2n) is 5.06. The molecule has 1 aromatic rings. The van der Waals surface area contributed by atoms with E-state index in [0.29, 0.717) is 0 Å². The van der Waals surface area contributed by atoms with E-state index in [2.05, 4.69) is 10.2 Å². The monoisotopic (exact) mass is 260 g/mol. The lowest BCUT2D eigenvalue weighted by molar-refractivity contribution is -0.124. The van der Waals surface area contributed by atoms with Crippen LogP contribution in [0, 0.1) is 12.8 Å². The minimum Gasteiger partial charge on any atom is -0.371 e. The molecular formula is C15H20N2O2. The first-order valence-electron chi connectivity index (χ1n) is 6.68. The van der Waals surface area contributed by atoms with E-state index >= 15 is 0 Å². The van der Waals surface area contributed by atoms with E-state index in [1.54, 1.807) is 7.05 Å². The van der Waals surface area contributed by atoms with Gasteiger partial charge in [-0.1, -0.05) is 0 Å². The van der Waals surface area contributed by atoms with Crippen molar-refractivity contribution in [1.82, 2.24) is 5.32 Å². The van der Waals surface area contributed by atoms with E-state index in [4.69, 9.17) is 0 Å². The molecule has 0 bridgehead atoms. The van der Waals surface area contributed by atoms with Crippen molar-refractivity contribution in [2.24, 2.45) is 5.92 Å². The van der Waals surface area contributed by atoms with Crippen LogP contribution in [-0.2, 0) is 4.79 Å². The molecule has 1 amide bonds. The zero-order valence-corrected chi connectivity index (χ0v) is 11.5. The maximum Gasteiger partial charge on any atom is 0.224 e. The predicted octanol–water partition coefficient (Wildman–Crippen LogP) is 1.77. The summed E-state index contributed by atoms with van der Waals surface area (Å²) >= 11 is 0. The smallest absolute Gasteiger partial charge is 0.224 e. The summed E-state index contributed by atoms with van der Waals surface area (Å²) in [6.07, 6.45) is 2.84. The fourth-order valence-corrected chi connectivity index (χ4v) is 2.62. The quantitative estimate of drug-likeness (QED) is 0.843. The Labute approximate surface area is 113 Å². The van der Waals surface area contributed by atoms with Gasteiger partial charge in [-0.2, -0.15) is 0 Å². The number of amides is 1. The summed E-state index contributed by atoms with van der Waals surface area (Å²) in [5.41, 5.74) is 2.80. The molecule has 0 spiro atoms. The number of aryl methyl sites for hydroxylation is 1. The van der Waals surface area contributed by atoms with Gasteiger partial charge in [-0.25, -0.2) is 0 Å². The lowest BCUT2D eigenvalue weighted by atomic mass is 9.96. The Balaban J connectivity index is 2.15. The van der Waals surface area contributed by atoms with Crippen LogP contribution < -0.4 is 10.2 Å². The first-order valence-corrected chi connectivity index (χ1v) is 6.68. The molecule has 0 aliphatic carbocycles. The van der Waals surface area contributed by atoms with Gasteiger partial charge in [0.2, 0.25) is 5.91 Å². The number of piperidine rings is 1. The topological polar surface area (TPSA) is 49.4 Å². The van der Waals surface area contributed by atoms with E-state index in [9.17, 15) is 9.59 Å². The van der Waals surface area contributed by atoms with Crippen molar-refractivity contribution in [3.8, 4) is 0 Å².